The van der Waals surface area contributed by atoms with Gasteiger partial charge in [-0.1, -0.05) is 31.9 Å². The molecule has 0 radical (unpaired) electrons. The van der Waals surface area contributed by atoms with Gasteiger partial charge < -0.3 is 0 Å². The summed E-state index contributed by atoms with van der Waals surface area (Å²) in [5.41, 5.74) is 0. The van der Waals surface area contributed by atoms with E-state index in [-0.39, 0.29) is 17.7 Å². The molecule has 1 nitrogen and oxygen atoms in total. The molecule has 76 valence electrons. The van der Waals surface area contributed by atoms with Crippen LogP contribution in [0.4, 0.5) is 8.78 Å². The molecule has 0 spiro atoms. The van der Waals surface area contributed by atoms with Crippen LogP contribution in [0.1, 0.15) is 25.7 Å². The number of carbonyl (C=O) groups is 1. The van der Waals surface area contributed by atoms with Crippen LogP contribution in [0.25, 0.3) is 0 Å². The Morgan fingerprint density at radius 1 is 1.15 bits per heavy atom. The fraction of sp³-hybridized carbons (Fsp3) is 0.875. The molecule has 2 saturated carbocycles. The van der Waals surface area contributed by atoms with Gasteiger partial charge in [0, 0.05) is 35.3 Å². The first-order valence-electron chi connectivity index (χ1n) is 4.07. The van der Waals surface area contributed by atoms with Gasteiger partial charge in [0.15, 0.2) is 0 Å². The van der Waals surface area contributed by atoms with Gasteiger partial charge in [0.25, 0.3) is 0 Å². The van der Waals surface area contributed by atoms with E-state index in [9.17, 15) is 13.6 Å². The summed E-state index contributed by atoms with van der Waals surface area (Å²) in [6, 6.07) is 0. The van der Waals surface area contributed by atoms with Gasteiger partial charge in [-0.2, -0.15) is 0 Å². The second-order valence-corrected chi connectivity index (χ2v) is 6.00. The smallest absolute Gasteiger partial charge is 0.250 e. The molecule has 0 atom stereocenters. The maximum Gasteiger partial charge on any atom is 0.250 e. The fourth-order valence-corrected chi connectivity index (χ4v) is 2.69. The molecule has 0 unspecified atom stereocenters. The summed E-state index contributed by atoms with van der Waals surface area (Å²) >= 11 is 6.34. The predicted octanol–water partition coefficient (Wildman–Crippen LogP) is 3.29. The summed E-state index contributed by atoms with van der Waals surface area (Å²) < 4.78 is 23.5. The van der Waals surface area contributed by atoms with Crippen molar-refractivity contribution in [2.24, 2.45) is 0 Å². The first-order chi connectivity index (χ1) is 5.89. The third kappa shape index (κ3) is 4.02. The maximum atomic E-state index is 11.8. The zero-order chi connectivity index (χ0) is 10.1. The molecule has 0 heterocycles. The average Bonchev–Trinajstić information content (AvgIpc) is 1.81. The van der Waals surface area contributed by atoms with Gasteiger partial charge in [-0.15, -0.1) is 0 Å². The van der Waals surface area contributed by atoms with Crippen molar-refractivity contribution in [3.05, 3.63) is 0 Å². The molecule has 2 aliphatic rings. The lowest BCUT2D eigenvalue weighted by Crippen LogP contribution is -2.35. The number of halogens is 4. The Balaban J connectivity index is 0.000000132. The van der Waals surface area contributed by atoms with E-state index in [4.69, 9.17) is 0 Å². The summed E-state index contributed by atoms with van der Waals surface area (Å²) in [6.45, 7) is 0. The van der Waals surface area contributed by atoms with Crippen LogP contribution in [0, 0.1) is 0 Å². The van der Waals surface area contributed by atoms with Crippen LogP contribution in [0.15, 0.2) is 0 Å². The number of hydrogen-bond acceptors (Lipinski definition) is 1. The van der Waals surface area contributed by atoms with Crippen LogP contribution in [-0.2, 0) is 4.79 Å². The third-order valence-electron chi connectivity index (χ3n) is 1.94. The van der Waals surface area contributed by atoms with Crippen molar-refractivity contribution >= 4 is 37.6 Å². The molecule has 0 saturated heterocycles. The van der Waals surface area contributed by atoms with E-state index >= 15 is 0 Å². The van der Waals surface area contributed by atoms with Crippen LogP contribution < -0.4 is 0 Å². The van der Waals surface area contributed by atoms with Gasteiger partial charge >= 0.3 is 0 Å². The van der Waals surface area contributed by atoms with Crippen LogP contribution in [0.2, 0.25) is 0 Å². The van der Waals surface area contributed by atoms with E-state index in [1.807, 2.05) is 0 Å². The lowest BCUT2D eigenvalue weighted by molar-refractivity contribution is -0.122. The topological polar surface area (TPSA) is 17.1 Å². The minimum Gasteiger partial charge on any atom is -0.300 e. The normalized spacial score (nSPS) is 26.9. The van der Waals surface area contributed by atoms with Crippen LogP contribution in [0.3, 0.4) is 0 Å². The van der Waals surface area contributed by atoms with Crippen molar-refractivity contribution in [1.29, 1.82) is 0 Å². The third-order valence-corrected chi connectivity index (χ3v) is 3.23. The van der Waals surface area contributed by atoms with Crippen LogP contribution in [-0.4, -0.2) is 21.4 Å². The summed E-state index contributed by atoms with van der Waals surface area (Å²) in [4.78, 5) is 10.7. The van der Waals surface area contributed by atoms with E-state index in [1.165, 1.54) is 0 Å². The second-order valence-electron chi connectivity index (χ2n) is 3.41. The van der Waals surface area contributed by atoms with Gasteiger partial charge in [-0.25, -0.2) is 8.78 Å². The molecule has 2 rings (SSSR count). The quantitative estimate of drug-likeness (QED) is 0.626. The molecule has 0 bridgehead atoms. The van der Waals surface area contributed by atoms with E-state index in [0.29, 0.717) is 10.6 Å². The molecule has 0 aromatic heterocycles. The Hall–Kier alpha value is 0.490. The molecule has 13 heavy (non-hydrogen) atoms. The monoisotopic (exact) mass is 318 g/mol. The first kappa shape index (κ1) is 11.6. The SMILES string of the molecule is FC1(F)CC(Br)C1.O=C1CC(Br)C1. The van der Waals surface area contributed by atoms with Crippen molar-refractivity contribution in [2.45, 2.75) is 41.3 Å². The second kappa shape index (κ2) is 4.34. The van der Waals surface area contributed by atoms with Crippen molar-refractivity contribution in [3.8, 4) is 0 Å². The molecule has 2 aliphatic carbocycles. The minimum absolute atomic E-state index is 0.0208. The van der Waals surface area contributed by atoms with E-state index in [2.05, 4.69) is 31.9 Å². The van der Waals surface area contributed by atoms with Crippen molar-refractivity contribution in [2.75, 3.05) is 0 Å². The zero-order valence-electron chi connectivity index (χ0n) is 6.90. The van der Waals surface area contributed by atoms with Gasteiger partial charge in [-0.3, -0.25) is 4.79 Å². The van der Waals surface area contributed by atoms with Gasteiger partial charge in [0.05, 0.1) is 0 Å². The van der Waals surface area contributed by atoms with E-state index < -0.39 is 5.92 Å². The number of rotatable bonds is 0. The summed E-state index contributed by atoms with van der Waals surface area (Å²) in [6.07, 6.45) is 1.54. The fourth-order valence-electron chi connectivity index (χ4n) is 1.02. The summed E-state index contributed by atoms with van der Waals surface area (Å²) in [5, 5.41) is 0. The number of Topliss-reactive ketones (excluding diaryl/α,β-unsaturated/α-hetero) is 1. The standard InChI is InChI=1S/C4H5BrF2.C4H5BrO/c5-3-1-4(6,7)2-3;5-3-1-4(6)2-3/h3H,1-2H2;3H,1-2H2. The van der Waals surface area contributed by atoms with Crippen molar-refractivity contribution in [1.82, 2.24) is 0 Å². The van der Waals surface area contributed by atoms with Crippen molar-refractivity contribution < 1.29 is 13.6 Å². The van der Waals surface area contributed by atoms with E-state index in [0.717, 1.165) is 12.8 Å². The molecule has 0 N–H and O–H groups in total. The molecular formula is C8H10Br2F2O. The summed E-state index contributed by atoms with van der Waals surface area (Å²) in [5.74, 6) is -1.97. The zero-order valence-corrected chi connectivity index (χ0v) is 10.1. The number of alkyl halides is 4. The van der Waals surface area contributed by atoms with E-state index in [1.54, 1.807) is 0 Å². The van der Waals surface area contributed by atoms with Crippen molar-refractivity contribution in [3.63, 3.8) is 0 Å². The number of hydrogen-bond donors (Lipinski definition) is 0. The lowest BCUT2D eigenvalue weighted by Gasteiger charge is -2.30. The Bertz CT molecular complexity index is 192. The largest absolute Gasteiger partial charge is 0.300 e. The number of ketones is 1. The number of carbonyl (C=O) groups excluding carboxylic acids is 1. The minimum atomic E-state index is -2.35. The molecule has 0 aromatic carbocycles. The summed E-state index contributed by atoms with van der Waals surface area (Å²) in [7, 11) is 0. The highest BCUT2D eigenvalue weighted by Gasteiger charge is 2.43. The van der Waals surface area contributed by atoms with Gasteiger partial charge in [0.2, 0.25) is 5.92 Å². The Morgan fingerprint density at radius 2 is 1.62 bits per heavy atom. The highest BCUT2D eigenvalue weighted by atomic mass is 79.9. The molecule has 2 fully saturated rings. The highest BCUT2D eigenvalue weighted by molar-refractivity contribution is 9.09. The predicted molar refractivity (Wildman–Crippen MR) is 53.9 cm³/mol. The lowest BCUT2D eigenvalue weighted by atomic mass is 9.95. The molecular weight excluding hydrogens is 310 g/mol. The van der Waals surface area contributed by atoms with Gasteiger partial charge in [0.1, 0.15) is 5.78 Å². The van der Waals surface area contributed by atoms with Gasteiger partial charge in [-0.05, 0) is 0 Å². The Morgan fingerprint density at radius 3 is 1.62 bits per heavy atom. The molecule has 5 heteroatoms. The molecule has 0 aromatic rings. The molecule has 0 aliphatic heterocycles. The van der Waals surface area contributed by atoms with Crippen LogP contribution in [0.5, 0.6) is 0 Å². The highest BCUT2D eigenvalue weighted by Crippen LogP contribution is 2.41. The Kier molecular flexibility index (Phi) is 3.86. The van der Waals surface area contributed by atoms with Crippen LogP contribution >= 0.6 is 31.9 Å². The first-order valence-corrected chi connectivity index (χ1v) is 5.90. The average molecular weight is 320 g/mol. The Labute approximate surface area is 92.5 Å². The maximum absolute atomic E-state index is 11.8. The molecule has 0 amide bonds.